The van der Waals surface area contributed by atoms with Crippen molar-refractivity contribution in [3.63, 3.8) is 0 Å². The highest BCUT2D eigenvalue weighted by Gasteiger charge is 2.20. The lowest BCUT2D eigenvalue weighted by molar-refractivity contribution is 0.188. The van der Waals surface area contributed by atoms with Crippen molar-refractivity contribution in [2.24, 2.45) is 5.92 Å². The van der Waals surface area contributed by atoms with Gasteiger partial charge in [0.05, 0.1) is 0 Å². The summed E-state index contributed by atoms with van der Waals surface area (Å²) in [5.74, 6) is 0.937. The van der Waals surface area contributed by atoms with E-state index < -0.39 is 0 Å². The fourth-order valence-corrected chi connectivity index (χ4v) is 2.63. The quantitative estimate of drug-likeness (QED) is 0.753. The van der Waals surface area contributed by atoms with E-state index in [1.165, 1.54) is 45.2 Å². The predicted molar refractivity (Wildman–Crippen MR) is 67.2 cm³/mol. The van der Waals surface area contributed by atoms with Crippen molar-refractivity contribution >= 4 is 0 Å². The van der Waals surface area contributed by atoms with Gasteiger partial charge in [-0.3, -0.25) is 4.90 Å². The lowest BCUT2D eigenvalue weighted by Crippen LogP contribution is -2.42. The Balaban J connectivity index is 2.42. The van der Waals surface area contributed by atoms with Crippen LogP contribution in [0.4, 0.5) is 0 Å². The Labute approximate surface area is 95.4 Å². The van der Waals surface area contributed by atoms with E-state index in [4.69, 9.17) is 0 Å². The summed E-state index contributed by atoms with van der Waals surface area (Å²) in [6.07, 6.45) is 6.86. The van der Waals surface area contributed by atoms with Crippen molar-refractivity contribution in [1.29, 1.82) is 0 Å². The van der Waals surface area contributed by atoms with E-state index in [1.807, 2.05) is 0 Å². The molecule has 2 atom stereocenters. The fourth-order valence-electron chi connectivity index (χ4n) is 2.63. The van der Waals surface area contributed by atoms with Gasteiger partial charge in [0.15, 0.2) is 0 Å². The van der Waals surface area contributed by atoms with Crippen LogP contribution in [0.5, 0.6) is 0 Å². The maximum absolute atomic E-state index is 3.34. The van der Waals surface area contributed by atoms with Crippen LogP contribution in [-0.4, -0.2) is 37.6 Å². The normalized spacial score (nSPS) is 26.2. The van der Waals surface area contributed by atoms with Crippen molar-refractivity contribution in [3.8, 4) is 0 Å². The molecule has 1 rings (SSSR count). The minimum absolute atomic E-state index is 0.769. The molecule has 0 bridgehead atoms. The number of rotatable bonds is 5. The number of hydrogen-bond acceptors (Lipinski definition) is 2. The van der Waals surface area contributed by atoms with Gasteiger partial charge in [-0.25, -0.2) is 0 Å². The van der Waals surface area contributed by atoms with Gasteiger partial charge in [-0.05, 0) is 51.7 Å². The van der Waals surface area contributed by atoms with Crippen molar-refractivity contribution in [1.82, 2.24) is 10.2 Å². The van der Waals surface area contributed by atoms with Crippen molar-refractivity contribution < 1.29 is 0 Å². The first-order valence-electron chi connectivity index (χ1n) is 6.66. The number of nitrogens with one attached hydrogen (secondary N) is 1. The summed E-state index contributed by atoms with van der Waals surface area (Å²) >= 11 is 0. The van der Waals surface area contributed by atoms with E-state index in [0.29, 0.717) is 0 Å². The third-order valence-corrected chi connectivity index (χ3v) is 3.63. The molecule has 2 nitrogen and oxygen atoms in total. The summed E-state index contributed by atoms with van der Waals surface area (Å²) in [6, 6.07) is 0.769. The average Bonchev–Trinajstić information content (AvgIpc) is 2.43. The third-order valence-electron chi connectivity index (χ3n) is 3.63. The van der Waals surface area contributed by atoms with Gasteiger partial charge in [-0.2, -0.15) is 0 Å². The van der Waals surface area contributed by atoms with E-state index in [1.54, 1.807) is 0 Å². The zero-order valence-corrected chi connectivity index (χ0v) is 10.8. The van der Waals surface area contributed by atoms with Gasteiger partial charge >= 0.3 is 0 Å². The van der Waals surface area contributed by atoms with Crippen LogP contribution in [0.3, 0.4) is 0 Å². The molecule has 0 aromatic heterocycles. The Morgan fingerprint density at radius 1 is 1.33 bits per heavy atom. The molecular weight excluding hydrogens is 184 g/mol. The second kappa shape index (κ2) is 7.24. The molecule has 0 aliphatic carbocycles. The van der Waals surface area contributed by atoms with Gasteiger partial charge in [0.2, 0.25) is 0 Å². The highest BCUT2D eigenvalue weighted by Crippen LogP contribution is 2.19. The molecule has 1 aliphatic heterocycles. The van der Waals surface area contributed by atoms with E-state index in [0.717, 1.165) is 18.5 Å². The first-order valence-corrected chi connectivity index (χ1v) is 6.66. The predicted octanol–water partition coefficient (Wildman–Crippen LogP) is 2.50. The molecule has 1 fully saturated rings. The zero-order chi connectivity index (χ0) is 11.1. The minimum atomic E-state index is 0.769. The molecule has 1 heterocycles. The molecule has 2 unspecified atom stereocenters. The van der Waals surface area contributed by atoms with Crippen LogP contribution in [0.1, 0.15) is 46.0 Å². The maximum Gasteiger partial charge on any atom is 0.0220 e. The minimum Gasteiger partial charge on any atom is -0.318 e. The highest BCUT2D eigenvalue weighted by molar-refractivity contribution is 4.76. The Bertz CT molecular complexity index is 153. The molecule has 15 heavy (non-hydrogen) atoms. The number of likely N-dealkylation sites (tertiary alicyclic amines) is 1. The SMILES string of the molecule is CCCC(CNC)N1CCCC(C)CC1. The topological polar surface area (TPSA) is 15.3 Å². The smallest absolute Gasteiger partial charge is 0.0220 e. The second-order valence-corrected chi connectivity index (χ2v) is 5.07. The van der Waals surface area contributed by atoms with Crippen LogP contribution in [0, 0.1) is 5.92 Å². The zero-order valence-electron chi connectivity index (χ0n) is 10.8. The number of hydrogen-bond donors (Lipinski definition) is 1. The molecule has 1 saturated heterocycles. The Kier molecular flexibility index (Phi) is 6.26. The molecule has 0 saturated carbocycles. The van der Waals surface area contributed by atoms with Gasteiger partial charge < -0.3 is 5.32 Å². The van der Waals surface area contributed by atoms with Gasteiger partial charge in [-0.15, -0.1) is 0 Å². The van der Waals surface area contributed by atoms with Gasteiger partial charge in [0.1, 0.15) is 0 Å². The Hall–Kier alpha value is -0.0800. The van der Waals surface area contributed by atoms with Crippen LogP contribution >= 0.6 is 0 Å². The lowest BCUT2D eigenvalue weighted by Gasteiger charge is -2.30. The lowest BCUT2D eigenvalue weighted by atomic mass is 10.0. The average molecular weight is 212 g/mol. The molecule has 2 heteroatoms. The maximum atomic E-state index is 3.34. The summed E-state index contributed by atoms with van der Waals surface area (Å²) in [5, 5.41) is 3.34. The molecule has 0 aromatic carbocycles. The van der Waals surface area contributed by atoms with E-state index >= 15 is 0 Å². The van der Waals surface area contributed by atoms with E-state index in [2.05, 4.69) is 31.1 Å². The van der Waals surface area contributed by atoms with E-state index in [9.17, 15) is 0 Å². The second-order valence-electron chi connectivity index (χ2n) is 5.07. The highest BCUT2D eigenvalue weighted by atomic mass is 15.2. The monoisotopic (exact) mass is 212 g/mol. The van der Waals surface area contributed by atoms with Gasteiger partial charge in [0.25, 0.3) is 0 Å². The van der Waals surface area contributed by atoms with Crippen molar-refractivity contribution in [3.05, 3.63) is 0 Å². The Morgan fingerprint density at radius 2 is 2.13 bits per heavy atom. The fraction of sp³-hybridized carbons (Fsp3) is 1.00. The third kappa shape index (κ3) is 4.52. The summed E-state index contributed by atoms with van der Waals surface area (Å²) in [6.45, 7) is 8.48. The van der Waals surface area contributed by atoms with Crippen molar-refractivity contribution in [2.75, 3.05) is 26.7 Å². The Morgan fingerprint density at radius 3 is 2.80 bits per heavy atom. The first-order chi connectivity index (χ1) is 7.27. The van der Waals surface area contributed by atoms with Crippen LogP contribution in [0.15, 0.2) is 0 Å². The largest absolute Gasteiger partial charge is 0.318 e. The van der Waals surface area contributed by atoms with E-state index in [-0.39, 0.29) is 0 Å². The molecule has 0 radical (unpaired) electrons. The standard InChI is InChI=1S/C13H28N2/c1-4-6-13(11-14-3)15-9-5-7-12(2)8-10-15/h12-14H,4-11H2,1-3H3. The molecular formula is C13H28N2. The van der Waals surface area contributed by atoms with Gasteiger partial charge in [0, 0.05) is 12.6 Å². The van der Waals surface area contributed by atoms with Crippen LogP contribution in [0.2, 0.25) is 0 Å². The van der Waals surface area contributed by atoms with Crippen molar-refractivity contribution in [2.45, 2.75) is 52.0 Å². The summed E-state index contributed by atoms with van der Waals surface area (Å²) in [4.78, 5) is 2.71. The summed E-state index contributed by atoms with van der Waals surface area (Å²) in [7, 11) is 2.07. The van der Waals surface area contributed by atoms with Gasteiger partial charge in [-0.1, -0.05) is 20.3 Å². The molecule has 1 N–H and O–H groups in total. The molecule has 90 valence electrons. The molecule has 0 amide bonds. The van der Waals surface area contributed by atoms with Crippen LogP contribution in [-0.2, 0) is 0 Å². The summed E-state index contributed by atoms with van der Waals surface area (Å²) in [5.41, 5.74) is 0. The first kappa shape index (κ1) is 13.0. The summed E-state index contributed by atoms with van der Waals surface area (Å²) < 4.78 is 0. The van der Waals surface area contributed by atoms with Crippen LogP contribution in [0.25, 0.3) is 0 Å². The molecule has 0 aromatic rings. The number of nitrogens with zero attached hydrogens (tertiary/aromatic N) is 1. The molecule has 0 spiro atoms. The number of likely N-dealkylation sites (N-methyl/N-ethyl adjacent to an activating group) is 1. The molecule has 1 aliphatic rings. The van der Waals surface area contributed by atoms with Crippen LogP contribution < -0.4 is 5.32 Å².